The molecule has 0 radical (unpaired) electrons. The van der Waals surface area contributed by atoms with Crippen molar-refractivity contribution in [3.05, 3.63) is 35.4 Å². The molecule has 114 valence electrons. The normalized spacial score (nSPS) is 11.7. The van der Waals surface area contributed by atoms with Gasteiger partial charge in [0.25, 0.3) is 5.91 Å². The molecule has 0 saturated carbocycles. The monoisotopic (exact) mass is 289 g/mol. The van der Waals surface area contributed by atoms with Gasteiger partial charge in [0.15, 0.2) is 0 Å². The molecule has 0 saturated heterocycles. The van der Waals surface area contributed by atoms with Crippen molar-refractivity contribution in [1.82, 2.24) is 24.9 Å². The van der Waals surface area contributed by atoms with Crippen molar-refractivity contribution >= 4 is 5.91 Å². The predicted molar refractivity (Wildman–Crippen MR) is 81.2 cm³/mol. The SMILES string of the molecule is Cn1cc(CCNC(=O)c2cc(C(C)(C)C)nn2C)cn1. The number of hydrogen-bond acceptors (Lipinski definition) is 3. The van der Waals surface area contributed by atoms with Crippen molar-refractivity contribution in [3.63, 3.8) is 0 Å². The summed E-state index contributed by atoms with van der Waals surface area (Å²) in [4.78, 5) is 12.2. The summed E-state index contributed by atoms with van der Waals surface area (Å²) in [6, 6.07) is 1.86. The zero-order valence-electron chi connectivity index (χ0n) is 13.3. The predicted octanol–water partition coefficient (Wildman–Crippen LogP) is 1.42. The van der Waals surface area contributed by atoms with Crippen LogP contribution in [0.2, 0.25) is 0 Å². The van der Waals surface area contributed by atoms with E-state index < -0.39 is 0 Å². The molecule has 0 aliphatic rings. The highest BCUT2D eigenvalue weighted by atomic mass is 16.2. The van der Waals surface area contributed by atoms with Gasteiger partial charge in [-0.3, -0.25) is 14.2 Å². The minimum Gasteiger partial charge on any atom is -0.350 e. The number of rotatable bonds is 4. The quantitative estimate of drug-likeness (QED) is 0.926. The van der Waals surface area contributed by atoms with E-state index in [1.807, 2.05) is 25.5 Å². The first-order valence-corrected chi connectivity index (χ1v) is 7.07. The minimum absolute atomic E-state index is 0.0635. The van der Waals surface area contributed by atoms with Crippen LogP contribution in [0.3, 0.4) is 0 Å². The van der Waals surface area contributed by atoms with E-state index in [1.165, 1.54) is 0 Å². The number of carbonyl (C=O) groups is 1. The Labute approximate surface area is 125 Å². The van der Waals surface area contributed by atoms with Gasteiger partial charge in [-0.15, -0.1) is 0 Å². The molecule has 0 fully saturated rings. The number of nitrogens with one attached hydrogen (secondary N) is 1. The van der Waals surface area contributed by atoms with Gasteiger partial charge in [-0.1, -0.05) is 20.8 Å². The molecule has 21 heavy (non-hydrogen) atoms. The van der Waals surface area contributed by atoms with Gasteiger partial charge < -0.3 is 5.32 Å². The van der Waals surface area contributed by atoms with E-state index in [0.29, 0.717) is 12.2 Å². The van der Waals surface area contributed by atoms with E-state index in [0.717, 1.165) is 17.7 Å². The number of aryl methyl sites for hydroxylation is 2. The highest BCUT2D eigenvalue weighted by Crippen LogP contribution is 2.21. The fourth-order valence-corrected chi connectivity index (χ4v) is 2.06. The van der Waals surface area contributed by atoms with Crippen LogP contribution in [0, 0.1) is 0 Å². The molecule has 0 aromatic carbocycles. The van der Waals surface area contributed by atoms with Crippen LogP contribution in [-0.4, -0.2) is 32.0 Å². The molecule has 1 amide bonds. The third-order valence-corrected chi connectivity index (χ3v) is 3.34. The van der Waals surface area contributed by atoms with Gasteiger partial charge in [0.05, 0.1) is 11.9 Å². The standard InChI is InChI=1S/C15H23N5O/c1-15(2,3)13-8-12(20(5)18-13)14(21)16-7-6-11-9-17-19(4)10-11/h8-10H,6-7H2,1-5H3,(H,16,21). The Hall–Kier alpha value is -2.11. The molecular formula is C15H23N5O. The third-order valence-electron chi connectivity index (χ3n) is 3.34. The van der Waals surface area contributed by atoms with E-state index in [-0.39, 0.29) is 11.3 Å². The van der Waals surface area contributed by atoms with Crippen LogP contribution in [0.4, 0.5) is 0 Å². The van der Waals surface area contributed by atoms with Crippen LogP contribution in [0.1, 0.15) is 42.5 Å². The topological polar surface area (TPSA) is 64.7 Å². The number of hydrogen-bond donors (Lipinski definition) is 1. The molecular weight excluding hydrogens is 266 g/mol. The van der Waals surface area contributed by atoms with E-state index in [2.05, 4.69) is 36.3 Å². The molecule has 0 bridgehead atoms. The van der Waals surface area contributed by atoms with Crippen LogP contribution in [0.25, 0.3) is 0 Å². The Bertz CT molecular complexity index is 633. The lowest BCUT2D eigenvalue weighted by Crippen LogP contribution is -2.27. The van der Waals surface area contributed by atoms with Crippen LogP contribution in [0.5, 0.6) is 0 Å². The van der Waals surface area contributed by atoms with Crippen molar-refractivity contribution in [1.29, 1.82) is 0 Å². The van der Waals surface area contributed by atoms with Crippen LogP contribution in [-0.2, 0) is 25.9 Å². The van der Waals surface area contributed by atoms with E-state index in [4.69, 9.17) is 0 Å². The second kappa shape index (κ2) is 5.71. The zero-order valence-corrected chi connectivity index (χ0v) is 13.3. The van der Waals surface area contributed by atoms with E-state index >= 15 is 0 Å². The summed E-state index contributed by atoms with van der Waals surface area (Å²) in [7, 11) is 3.68. The Morgan fingerprint density at radius 3 is 2.57 bits per heavy atom. The molecule has 0 unspecified atom stereocenters. The first kappa shape index (κ1) is 15.3. The Balaban J connectivity index is 1.96. The summed E-state index contributed by atoms with van der Waals surface area (Å²) in [6.45, 7) is 6.83. The van der Waals surface area contributed by atoms with Crippen molar-refractivity contribution < 1.29 is 4.79 Å². The summed E-state index contributed by atoms with van der Waals surface area (Å²) >= 11 is 0. The number of nitrogens with zero attached hydrogens (tertiary/aromatic N) is 4. The summed E-state index contributed by atoms with van der Waals surface area (Å²) < 4.78 is 3.40. The van der Waals surface area contributed by atoms with Gasteiger partial charge in [-0.25, -0.2) is 0 Å². The molecule has 2 aromatic rings. The average molecular weight is 289 g/mol. The van der Waals surface area contributed by atoms with Crippen molar-refractivity contribution in [2.75, 3.05) is 6.54 Å². The number of amides is 1. The van der Waals surface area contributed by atoms with Crippen LogP contribution in [0.15, 0.2) is 18.5 Å². The van der Waals surface area contributed by atoms with E-state index in [1.54, 1.807) is 16.4 Å². The van der Waals surface area contributed by atoms with Gasteiger partial charge in [-0.2, -0.15) is 10.2 Å². The second-order valence-corrected chi connectivity index (χ2v) is 6.32. The molecule has 2 aromatic heterocycles. The summed E-state index contributed by atoms with van der Waals surface area (Å²) in [5.74, 6) is -0.0932. The summed E-state index contributed by atoms with van der Waals surface area (Å²) in [5.41, 5.74) is 2.55. The molecule has 6 heteroatoms. The Morgan fingerprint density at radius 1 is 1.33 bits per heavy atom. The van der Waals surface area contributed by atoms with Crippen molar-refractivity contribution in [2.24, 2.45) is 14.1 Å². The maximum atomic E-state index is 12.2. The van der Waals surface area contributed by atoms with Gasteiger partial charge in [0, 0.05) is 32.3 Å². The first-order valence-electron chi connectivity index (χ1n) is 7.07. The van der Waals surface area contributed by atoms with E-state index in [9.17, 15) is 4.79 Å². The van der Waals surface area contributed by atoms with Crippen LogP contribution >= 0.6 is 0 Å². The highest BCUT2D eigenvalue weighted by molar-refractivity contribution is 5.92. The lowest BCUT2D eigenvalue weighted by Gasteiger charge is -2.13. The second-order valence-electron chi connectivity index (χ2n) is 6.32. The summed E-state index contributed by atoms with van der Waals surface area (Å²) in [6.07, 6.45) is 4.53. The molecule has 0 spiro atoms. The Kier molecular flexibility index (Phi) is 4.16. The molecule has 0 aliphatic carbocycles. The Morgan fingerprint density at radius 2 is 2.05 bits per heavy atom. The molecule has 1 N–H and O–H groups in total. The van der Waals surface area contributed by atoms with Crippen molar-refractivity contribution in [2.45, 2.75) is 32.6 Å². The molecule has 2 rings (SSSR count). The number of aromatic nitrogens is 4. The summed E-state index contributed by atoms with van der Waals surface area (Å²) in [5, 5.41) is 11.4. The lowest BCUT2D eigenvalue weighted by molar-refractivity contribution is 0.0944. The first-order chi connectivity index (χ1) is 9.77. The third kappa shape index (κ3) is 3.71. The van der Waals surface area contributed by atoms with Gasteiger partial charge in [0.2, 0.25) is 0 Å². The minimum atomic E-state index is -0.0932. The fourth-order valence-electron chi connectivity index (χ4n) is 2.06. The van der Waals surface area contributed by atoms with Crippen molar-refractivity contribution in [3.8, 4) is 0 Å². The number of carbonyl (C=O) groups excluding carboxylic acids is 1. The zero-order chi connectivity index (χ0) is 15.6. The maximum absolute atomic E-state index is 12.2. The fraction of sp³-hybridized carbons (Fsp3) is 0.533. The maximum Gasteiger partial charge on any atom is 0.269 e. The largest absolute Gasteiger partial charge is 0.350 e. The molecule has 0 atom stereocenters. The molecule has 2 heterocycles. The van der Waals surface area contributed by atoms with Gasteiger partial charge in [-0.05, 0) is 18.1 Å². The smallest absolute Gasteiger partial charge is 0.269 e. The molecule has 6 nitrogen and oxygen atoms in total. The average Bonchev–Trinajstić information content (AvgIpc) is 2.95. The van der Waals surface area contributed by atoms with Gasteiger partial charge >= 0.3 is 0 Å². The highest BCUT2D eigenvalue weighted by Gasteiger charge is 2.21. The lowest BCUT2D eigenvalue weighted by atomic mass is 9.92. The molecule has 0 aliphatic heterocycles. The van der Waals surface area contributed by atoms with Gasteiger partial charge in [0.1, 0.15) is 5.69 Å². The van der Waals surface area contributed by atoms with Crippen LogP contribution < -0.4 is 5.32 Å².